The Morgan fingerprint density at radius 1 is 1.41 bits per heavy atom. The number of nitrogens with one attached hydrogen (secondary N) is 1. The molecule has 2 aromatic heterocycles. The van der Waals surface area contributed by atoms with Crippen molar-refractivity contribution < 1.29 is 24.0 Å². The van der Waals surface area contributed by atoms with Crippen LogP contribution in [0.1, 0.15) is 36.5 Å². The average molecular weight is 497 g/mol. The standard InChI is InChI=1S/C18H20N6O5S3/c1-4-10-19-14(29-23-10)7(2)13(25)20-11-15(26)24-12(17(27)28)9(5-30-16(11)24)6-31-18-22-21-8(3)32-18/h7,11,16H,4-6H2,1-3H3,(H,20,25)(H,27,28)/t7?,11?,16-/m0/s1. The lowest BCUT2D eigenvalue weighted by Crippen LogP contribution is -2.70. The van der Waals surface area contributed by atoms with E-state index >= 15 is 0 Å². The summed E-state index contributed by atoms with van der Waals surface area (Å²) in [6.45, 7) is 5.33. The quantitative estimate of drug-likeness (QED) is 0.403. The zero-order chi connectivity index (χ0) is 23.0. The van der Waals surface area contributed by atoms with E-state index in [0.717, 1.165) is 9.35 Å². The van der Waals surface area contributed by atoms with Crippen LogP contribution in [0, 0.1) is 6.92 Å². The molecule has 0 bridgehead atoms. The first-order valence-corrected chi connectivity index (χ1v) is 12.6. The molecule has 0 saturated carbocycles. The largest absolute Gasteiger partial charge is 0.477 e. The molecule has 32 heavy (non-hydrogen) atoms. The van der Waals surface area contributed by atoms with Gasteiger partial charge < -0.3 is 14.9 Å². The van der Waals surface area contributed by atoms with Gasteiger partial charge >= 0.3 is 5.97 Å². The van der Waals surface area contributed by atoms with Crippen molar-refractivity contribution in [3.63, 3.8) is 0 Å². The van der Waals surface area contributed by atoms with Crippen LogP contribution in [0.5, 0.6) is 0 Å². The lowest BCUT2D eigenvalue weighted by atomic mass is 10.0. The normalized spacial score (nSPS) is 21.2. The van der Waals surface area contributed by atoms with Gasteiger partial charge in [-0.25, -0.2) is 4.79 Å². The number of aryl methyl sites for hydroxylation is 2. The summed E-state index contributed by atoms with van der Waals surface area (Å²) < 4.78 is 5.86. The van der Waals surface area contributed by atoms with Crippen molar-refractivity contribution in [3.05, 3.63) is 28.0 Å². The van der Waals surface area contributed by atoms with Gasteiger partial charge in [-0.05, 0) is 19.4 Å². The summed E-state index contributed by atoms with van der Waals surface area (Å²) in [5.74, 6) is -1.26. The number of hydrogen-bond acceptors (Lipinski definition) is 11. The summed E-state index contributed by atoms with van der Waals surface area (Å²) in [7, 11) is 0. The molecule has 0 spiro atoms. The Morgan fingerprint density at radius 3 is 2.81 bits per heavy atom. The van der Waals surface area contributed by atoms with Crippen molar-refractivity contribution in [2.75, 3.05) is 11.5 Å². The molecule has 0 aliphatic carbocycles. The fourth-order valence-corrected chi connectivity index (χ4v) is 6.56. The first-order chi connectivity index (χ1) is 15.3. The zero-order valence-corrected chi connectivity index (χ0v) is 19.8. The van der Waals surface area contributed by atoms with E-state index in [-0.39, 0.29) is 11.6 Å². The average Bonchev–Trinajstić information content (AvgIpc) is 3.43. The van der Waals surface area contributed by atoms with E-state index in [0.29, 0.717) is 29.3 Å². The number of thioether (sulfide) groups is 2. The third kappa shape index (κ3) is 4.26. The number of carbonyl (C=O) groups is 3. The van der Waals surface area contributed by atoms with Gasteiger partial charge in [-0.3, -0.25) is 14.5 Å². The molecule has 0 aromatic carbocycles. The number of rotatable bonds is 8. The Kier molecular flexibility index (Phi) is 6.53. The van der Waals surface area contributed by atoms with E-state index in [1.807, 2.05) is 13.8 Å². The van der Waals surface area contributed by atoms with Crippen LogP contribution in [0.3, 0.4) is 0 Å². The number of hydrogen-bond donors (Lipinski definition) is 2. The highest BCUT2D eigenvalue weighted by atomic mass is 32.2. The molecule has 4 heterocycles. The van der Waals surface area contributed by atoms with Gasteiger partial charge in [-0.1, -0.05) is 35.2 Å². The molecule has 2 N–H and O–H groups in total. The van der Waals surface area contributed by atoms with Gasteiger partial charge in [0.05, 0.1) is 0 Å². The summed E-state index contributed by atoms with van der Waals surface area (Å²) in [5, 5.41) is 24.6. The van der Waals surface area contributed by atoms with Gasteiger partial charge in [0.2, 0.25) is 11.8 Å². The van der Waals surface area contributed by atoms with Crippen LogP contribution < -0.4 is 5.32 Å². The van der Waals surface area contributed by atoms with Crippen molar-refractivity contribution in [2.45, 2.75) is 48.9 Å². The summed E-state index contributed by atoms with van der Waals surface area (Å²) in [5.41, 5.74) is 0.622. The number of amides is 2. The summed E-state index contributed by atoms with van der Waals surface area (Å²) in [6, 6.07) is -0.808. The highest BCUT2D eigenvalue weighted by Crippen LogP contribution is 2.42. The van der Waals surface area contributed by atoms with Gasteiger partial charge in [0, 0.05) is 17.9 Å². The maximum atomic E-state index is 12.8. The number of carboxylic acids is 1. The highest BCUT2D eigenvalue weighted by Gasteiger charge is 2.54. The molecule has 2 aliphatic heterocycles. The molecule has 2 aromatic rings. The molecule has 2 amide bonds. The Morgan fingerprint density at radius 2 is 2.19 bits per heavy atom. The van der Waals surface area contributed by atoms with Crippen molar-refractivity contribution in [1.82, 2.24) is 30.6 Å². The molecule has 14 heteroatoms. The first kappa shape index (κ1) is 22.7. The van der Waals surface area contributed by atoms with Gasteiger partial charge in [0.25, 0.3) is 5.91 Å². The van der Waals surface area contributed by atoms with E-state index in [1.165, 1.54) is 39.8 Å². The first-order valence-electron chi connectivity index (χ1n) is 9.75. The number of fused-ring (bicyclic) bond motifs is 1. The van der Waals surface area contributed by atoms with Crippen LogP contribution in [0.4, 0.5) is 0 Å². The van der Waals surface area contributed by atoms with E-state index in [9.17, 15) is 19.5 Å². The van der Waals surface area contributed by atoms with Gasteiger partial charge in [-0.15, -0.1) is 22.0 Å². The van der Waals surface area contributed by atoms with Crippen molar-refractivity contribution in [3.8, 4) is 0 Å². The molecule has 2 unspecified atom stereocenters. The molecular weight excluding hydrogens is 476 g/mol. The van der Waals surface area contributed by atoms with Crippen molar-refractivity contribution in [1.29, 1.82) is 0 Å². The lowest BCUT2D eigenvalue weighted by Gasteiger charge is -2.49. The van der Waals surface area contributed by atoms with Crippen LogP contribution in [0.25, 0.3) is 0 Å². The van der Waals surface area contributed by atoms with E-state index < -0.39 is 35.1 Å². The minimum absolute atomic E-state index is 0.0180. The molecule has 1 saturated heterocycles. The zero-order valence-electron chi connectivity index (χ0n) is 17.4. The Balaban J connectivity index is 1.44. The predicted octanol–water partition coefficient (Wildman–Crippen LogP) is 1.43. The number of β-lactam (4-membered cyclic amide) rings is 1. The number of carboxylic acid groups (broad SMARTS) is 1. The van der Waals surface area contributed by atoms with Gasteiger partial charge in [0.1, 0.15) is 28.0 Å². The van der Waals surface area contributed by atoms with E-state index in [4.69, 9.17) is 4.52 Å². The van der Waals surface area contributed by atoms with Crippen LogP contribution >= 0.6 is 34.9 Å². The molecule has 2 aliphatic rings. The van der Waals surface area contributed by atoms with Crippen molar-refractivity contribution >= 4 is 52.6 Å². The number of aliphatic carboxylic acids is 1. The molecule has 4 rings (SSSR count). The molecule has 11 nitrogen and oxygen atoms in total. The van der Waals surface area contributed by atoms with Crippen LogP contribution in [0.2, 0.25) is 0 Å². The van der Waals surface area contributed by atoms with Crippen LogP contribution in [0.15, 0.2) is 20.1 Å². The second-order valence-electron chi connectivity index (χ2n) is 7.15. The third-order valence-corrected chi connectivity index (χ3v) is 8.39. The van der Waals surface area contributed by atoms with E-state index in [2.05, 4.69) is 25.7 Å². The molecule has 1 fully saturated rings. The third-order valence-electron chi connectivity index (χ3n) is 4.99. The van der Waals surface area contributed by atoms with Crippen LogP contribution in [-0.2, 0) is 20.8 Å². The number of carbonyl (C=O) groups excluding carboxylic acids is 2. The fraction of sp³-hybridized carbons (Fsp3) is 0.500. The Labute approximate surface area is 195 Å². The molecular formula is C18H20N6O5S3. The smallest absolute Gasteiger partial charge is 0.352 e. The molecule has 170 valence electrons. The Hall–Kier alpha value is -2.45. The summed E-state index contributed by atoms with van der Waals surface area (Å²) in [6.07, 6.45) is 0.580. The second-order valence-corrected chi connectivity index (χ2v) is 10.7. The van der Waals surface area contributed by atoms with Crippen molar-refractivity contribution in [2.24, 2.45) is 0 Å². The lowest BCUT2D eigenvalue weighted by molar-refractivity contribution is -0.150. The number of nitrogens with zero attached hydrogens (tertiary/aromatic N) is 5. The van der Waals surface area contributed by atoms with Gasteiger partial charge in [-0.2, -0.15) is 4.98 Å². The fourth-order valence-electron chi connectivity index (χ4n) is 3.26. The minimum Gasteiger partial charge on any atom is -0.477 e. The second kappa shape index (κ2) is 9.19. The highest BCUT2D eigenvalue weighted by molar-refractivity contribution is 8.01. The topological polar surface area (TPSA) is 151 Å². The predicted molar refractivity (Wildman–Crippen MR) is 117 cm³/mol. The Bertz CT molecular complexity index is 1100. The van der Waals surface area contributed by atoms with Gasteiger partial charge in [0.15, 0.2) is 10.2 Å². The minimum atomic E-state index is -1.16. The molecule has 3 atom stereocenters. The maximum absolute atomic E-state index is 12.8. The van der Waals surface area contributed by atoms with E-state index in [1.54, 1.807) is 6.92 Å². The summed E-state index contributed by atoms with van der Waals surface area (Å²) in [4.78, 5) is 42.8. The van der Waals surface area contributed by atoms with Crippen LogP contribution in [-0.4, -0.2) is 71.0 Å². The SMILES string of the molecule is CCc1noc(C(C)C(=O)NC2C(=O)N3C(C(=O)O)=C(CSc4nnc(C)s4)CS[C@@H]23)n1. The number of aromatic nitrogens is 4. The molecule has 0 radical (unpaired) electrons. The monoisotopic (exact) mass is 496 g/mol. The maximum Gasteiger partial charge on any atom is 0.352 e. The summed E-state index contributed by atoms with van der Waals surface area (Å²) >= 11 is 4.25.